The van der Waals surface area contributed by atoms with Crippen molar-refractivity contribution in [2.75, 3.05) is 0 Å². The summed E-state index contributed by atoms with van der Waals surface area (Å²) in [5.41, 5.74) is 12.2. The number of nitrogens with zero attached hydrogens (tertiary/aromatic N) is 3. The molecule has 0 aliphatic heterocycles. The normalized spacial score (nSPS) is 13.9. The van der Waals surface area contributed by atoms with E-state index in [4.69, 9.17) is 19.4 Å². The zero-order valence-corrected chi connectivity index (χ0v) is 29.2. The lowest BCUT2D eigenvalue weighted by molar-refractivity contribution is 0.548. The molecule has 2 aliphatic carbocycles. The average Bonchev–Trinajstić information content (AvgIpc) is 3.62. The van der Waals surface area contributed by atoms with Gasteiger partial charge in [0, 0.05) is 34.1 Å². The molecule has 0 spiro atoms. The second-order valence-electron chi connectivity index (χ2n) is 13.8. The fourth-order valence-electron chi connectivity index (χ4n) is 7.69. The molecule has 252 valence electrons. The van der Waals surface area contributed by atoms with Crippen molar-refractivity contribution in [1.82, 2.24) is 15.0 Å². The molecule has 8 aromatic rings. The van der Waals surface area contributed by atoms with Gasteiger partial charge in [-0.1, -0.05) is 146 Å². The number of furan rings is 1. The maximum atomic E-state index is 6.51. The van der Waals surface area contributed by atoms with E-state index in [1.807, 2.05) is 36.4 Å². The lowest BCUT2D eigenvalue weighted by atomic mass is 9.89. The number of fused-ring (bicyclic) bond motifs is 4. The maximum Gasteiger partial charge on any atom is 0.164 e. The van der Waals surface area contributed by atoms with Gasteiger partial charge in [-0.15, -0.1) is 0 Å². The van der Waals surface area contributed by atoms with Crippen molar-refractivity contribution in [2.24, 2.45) is 0 Å². The Morgan fingerprint density at radius 3 is 1.91 bits per heavy atom. The average molecular weight is 682 g/mol. The first-order chi connectivity index (χ1) is 26.2. The van der Waals surface area contributed by atoms with E-state index in [0.717, 1.165) is 70.2 Å². The van der Waals surface area contributed by atoms with Gasteiger partial charge < -0.3 is 4.42 Å². The number of benzene rings is 6. The third-order valence-corrected chi connectivity index (χ3v) is 10.5. The van der Waals surface area contributed by atoms with Crippen LogP contribution in [0.15, 0.2) is 162 Å². The molecule has 6 aromatic carbocycles. The van der Waals surface area contributed by atoms with Gasteiger partial charge in [0.25, 0.3) is 0 Å². The monoisotopic (exact) mass is 681 g/mol. The minimum atomic E-state index is 0.625. The van der Waals surface area contributed by atoms with E-state index < -0.39 is 0 Å². The third-order valence-electron chi connectivity index (χ3n) is 10.5. The van der Waals surface area contributed by atoms with Gasteiger partial charge in [0.1, 0.15) is 11.3 Å². The van der Waals surface area contributed by atoms with E-state index >= 15 is 0 Å². The fourth-order valence-corrected chi connectivity index (χ4v) is 7.69. The van der Waals surface area contributed by atoms with E-state index in [1.54, 1.807) is 0 Å². The number of aromatic nitrogens is 3. The Morgan fingerprint density at radius 2 is 1.15 bits per heavy atom. The number of aryl methyl sites for hydroxylation is 1. The zero-order valence-electron chi connectivity index (χ0n) is 29.2. The van der Waals surface area contributed by atoms with Crippen LogP contribution >= 0.6 is 0 Å². The summed E-state index contributed by atoms with van der Waals surface area (Å²) in [5, 5.41) is 3.53. The summed E-state index contributed by atoms with van der Waals surface area (Å²) in [6.45, 7) is 0. The lowest BCUT2D eigenvalue weighted by Crippen LogP contribution is -2.01. The molecule has 53 heavy (non-hydrogen) atoms. The van der Waals surface area contributed by atoms with Crippen molar-refractivity contribution in [1.29, 1.82) is 0 Å². The summed E-state index contributed by atoms with van der Waals surface area (Å²) in [6, 6.07) is 49.0. The predicted molar refractivity (Wildman–Crippen MR) is 218 cm³/mol. The van der Waals surface area contributed by atoms with Crippen LogP contribution in [0.5, 0.6) is 0 Å². The molecule has 4 nitrogen and oxygen atoms in total. The highest BCUT2D eigenvalue weighted by Gasteiger charge is 2.23. The van der Waals surface area contributed by atoms with Crippen LogP contribution in [0.2, 0.25) is 0 Å². The first-order valence-corrected chi connectivity index (χ1v) is 18.4. The van der Waals surface area contributed by atoms with Gasteiger partial charge >= 0.3 is 0 Å². The Labute approximate surface area is 308 Å². The molecule has 2 aromatic heterocycles. The van der Waals surface area contributed by atoms with Gasteiger partial charge in [0.15, 0.2) is 17.5 Å². The maximum absolute atomic E-state index is 6.51. The summed E-state index contributed by atoms with van der Waals surface area (Å²) in [6.07, 6.45) is 13.1. The van der Waals surface area contributed by atoms with Crippen molar-refractivity contribution in [3.63, 3.8) is 0 Å². The van der Waals surface area contributed by atoms with Crippen LogP contribution < -0.4 is 0 Å². The molecule has 0 fully saturated rings. The van der Waals surface area contributed by atoms with E-state index in [0.29, 0.717) is 17.5 Å². The van der Waals surface area contributed by atoms with Gasteiger partial charge in [-0.25, -0.2) is 15.0 Å². The van der Waals surface area contributed by atoms with Gasteiger partial charge in [-0.05, 0) is 81.6 Å². The Morgan fingerprint density at radius 1 is 0.491 bits per heavy atom. The highest BCUT2D eigenvalue weighted by atomic mass is 16.3. The molecular weight excluding hydrogens is 647 g/mol. The molecule has 2 heterocycles. The first-order valence-electron chi connectivity index (χ1n) is 18.4. The Hall–Kier alpha value is -6.65. The van der Waals surface area contributed by atoms with Crippen molar-refractivity contribution in [3.8, 4) is 45.3 Å². The van der Waals surface area contributed by atoms with Gasteiger partial charge in [0.05, 0.1) is 0 Å². The van der Waals surface area contributed by atoms with E-state index in [-0.39, 0.29) is 0 Å². The number of hydrogen-bond donors (Lipinski definition) is 0. The van der Waals surface area contributed by atoms with E-state index in [9.17, 15) is 0 Å². The van der Waals surface area contributed by atoms with Gasteiger partial charge in [-0.3, -0.25) is 0 Å². The molecule has 0 radical (unpaired) electrons. The number of hydrogen-bond acceptors (Lipinski definition) is 4. The molecule has 0 unspecified atom stereocenters. The molecule has 4 heteroatoms. The molecule has 0 N–H and O–H groups in total. The van der Waals surface area contributed by atoms with Crippen molar-refractivity contribution in [2.45, 2.75) is 25.7 Å². The van der Waals surface area contributed by atoms with Crippen LogP contribution in [0, 0.1) is 0 Å². The largest absolute Gasteiger partial charge is 0.460 e. The second kappa shape index (κ2) is 13.2. The van der Waals surface area contributed by atoms with Crippen LogP contribution in [0.4, 0.5) is 0 Å². The third kappa shape index (κ3) is 5.88. The topological polar surface area (TPSA) is 51.8 Å². The SMILES string of the molecule is C1=CC(c2ccc(-c3ccc(-c4nc(-c5ccccc5)nc(-c5cccc6oc7c(c56)C=C(c5ccc6ccccc6c5)CC7)n4)cc3)cc2)=CCC1. The van der Waals surface area contributed by atoms with Crippen molar-refractivity contribution >= 4 is 39.0 Å². The summed E-state index contributed by atoms with van der Waals surface area (Å²) in [7, 11) is 0. The molecule has 10 rings (SSSR count). The smallest absolute Gasteiger partial charge is 0.164 e. The highest BCUT2D eigenvalue weighted by molar-refractivity contribution is 6.04. The van der Waals surface area contributed by atoms with E-state index in [1.165, 1.54) is 38.6 Å². The van der Waals surface area contributed by atoms with Gasteiger partial charge in [0.2, 0.25) is 0 Å². The molecule has 0 bridgehead atoms. The molecule has 2 aliphatic rings. The fraction of sp³-hybridized carbons (Fsp3) is 0.0816. The lowest BCUT2D eigenvalue weighted by Gasteiger charge is -2.14. The van der Waals surface area contributed by atoms with Crippen molar-refractivity contribution < 1.29 is 4.42 Å². The highest BCUT2D eigenvalue weighted by Crippen LogP contribution is 2.41. The molecule has 0 saturated heterocycles. The zero-order chi connectivity index (χ0) is 35.1. The summed E-state index contributed by atoms with van der Waals surface area (Å²) in [4.78, 5) is 15.3. The van der Waals surface area contributed by atoms with Crippen LogP contribution in [0.1, 0.15) is 41.7 Å². The van der Waals surface area contributed by atoms with E-state index in [2.05, 4.69) is 127 Å². The Balaban J connectivity index is 1.05. The summed E-state index contributed by atoms with van der Waals surface area (Å²) in [5.74, 6) is 2.90. The minimum absolute atomic E-state index is 0.625. The minimum Gasteiger partial charge on any atom is -0.460 e. The number of allylic oxidation sites excluding steroid dienone is 5. The summed E-state index contributed by atoms with van der Waals surface area (Å²) < 4.78 is 6.51. The quantitative estimate of drug-likeness (QED) is 0.175. The second-order valence-corrected chi connectivity index (χ2v) is 13.8. The first kappa shape index (κ1) is 31.1. The predicted octanol–water partition coefficient (Wildman–Crippen LogP) is 12.7. The molecular formula is C49H35N3O. The number of rotatable bonds is 6. The van der Waals surface area contributed by atoms with Crippen LogP contribution in [-0.4, -0.2) is 15.0 Å². The molecule has 0 atom stereocenters. The van der Waals surface area contributed by atoms with Gasteiger partial charge in [-0.2, -0.15) is 0 Å². The van der Waals surface area contributed by atoms with Crippen LogP contribution in [0.25, 0.3) is 84.3 Å². The Bertz CT molecular complexity index is 2750. The van der Waals surface area contributed by atoms with Crippen LogP contribution in [-0.2, 0) is 6.42 Å². The summed E-state index contributed by atoms with van der Waals surface area (Å²) >= 11 is 0. The molecule has 0 amide bonds. The molecule has 0 saturated carbocycles. The van der Waals surface area contributed by atoms with Crippen molar-refractivity contribution in [3.05, 3.63) is 180 Å². The standard InChI is InChI=1S/C49H35N3O/c1-3-10-32(11-4-1)34-18-20-35(21-19-34)36-22-25-38(26-23-36)48-50-47(37-13-5-2-6-14-37)51-49(52-48)42-16-9-17-45-46(42)43-31-41(28-29-44(43)53-45)40-27-24-33-12-7-8-15-39(33)30-40/h2-3,5-27,30-31H,1,4,28-29H2. The van der Waals surface area contributed by atoms with Crippen LogP contribution in [0.3, 0.4) is 0 Å². The Kier molecular flexibility index (Phi) is 7.72.